The molecule has 0 spiro atoms. The van der Waals surface area contributed by atoms with Crippen LogP contribution in [0.4, 0.5) is 0 Å². The van der Waals surface area contributed by atoms with Crippen LogP contribution in [0.3, 0.4) is 0 Å². The van der Waals surface area contributed by atoms with Crippen LogP contribution in [-0.2, 0) is 23.8 Å². The topological polar surface area (TPSA) is 95.7 Å². The summed E-state index contributed by atoms with van der Waals surface area (Å²) in [6, 6.07) is 5.69. The molecule has 8 heteroatoms. The Balaban J connectivity index is 3.03. The fraction of sp³-hybridized carbons (Fsp3) is 0.588. The van der Waals surface area contributed by atoms with Crippen LogP contribution in [-0.4, -0.2) is 32.5 Å². The van der Waals surface area contributed by atoms with Crippen molar-refractivity contribution in [2.75, 3.05) is 6.26 Å². The third-order valence-electron chi connectivity index (χ3n) is 3.32. The molecule has 2 atom stereocenters. The maximum Gasteiger partial charge on any atom is 0.306 e. The summed E-state index contributed by atoms with van der Waals surface area (Å²) < 4.78 is 33.7. The Morgan fingerprint density at radius 1 is 1.32 bits per heavy atom. The highest BCUT2D eigenvalue weighted by atomic mass is 79.9. The molecule has 0 saturated heterocycles. The Kier molecular flexibility index (Phi) is 7.61. The van der Waals surface area contributed by atoms with Gasteiger partial charge in [-0.2, -0.15) is 8.42 Å². The number of ether oxygens (including phenoxy) is 1. The predicted molar refractivity (Wildman–Crippen MR) is 101 cm³/mol. The molecule has 2 N–H and O–H groups in total. The van der Waals surface area contributed by atoms with Crippen LogP contribution in [0.15, 0.2) is 22.7 Å². The van der Waals surface area contributed by atoms with Gasteiger partial charge in [-0.15, -0.1) is 0 Å². The van der Waals surface area contributed by atoms with Crippen LogP contribution in [0.1, 0.15) is 50.7 Å². The molecule has 1 rings (SSSR count). The van der Waals surface area contributed by atoms with E-state index in [9.17, 15) is 13.2 Å². The summed E-state index contributed by atoms with van der Waals surface area (Å²) in [4.78, 5) is 12.3. The summed E-state index contributed by atoms with van der Waals surface area (Å²) in [6.45, 7) is 7.31. The van der Waals surface area contributed by atoms with E-state index >= 15 is 0 Å². The lowest BCUT2D eigenvalue weighted by Crippen LogP contribution is -2.31. The molecular weight excluding hydrogens is 410 g/mol. The van der Waals surface area contributed by atoms with Gasteiger partial charge in [0.05, 0.1) is 12.7 Å². The number of carbonyl (C=O) groups is 1. The van der Waals surface area contributed by atoms with E-state index in [4.69, 9.17) is 14.7 Å². The highest BCUT2D eigenvalue weighted by Crippen LogP contribution is 2.30. The molecule has 0 aliphatic carbocycles. The second-order valence-electron chi connectivity index (χ2n) is 7.06. The van der Waals surface area contributed by atoms with Gasteiger partial charge >= 0.3 is 5.97 Å². The van der Waals surface area contributed by atoms with Crippen molar-refractivity contribution in [1.29, 1.82) is 0 Å². The number of esters is 1. The van der Waals surface area contributed by atoms with Crippen molar-refractivity contribution in [3.8, 4) is 0 Å². The standard InChI is InChI=1S/C17H26BrNO5S/c1-11-8-13(18)6-7-14(11)12(9-15(19)24-25(5,21)22)10-16(20)23-17(2,3)4/h6-8,12,15H,9-10,19H2,1-5H3. The number of hydrogen-bond donors (Lipinski definition) is 1. The molecule has 0 radical (unpaired) electrons. The molecule has 1 aromatic carbocycles. The zero-order valence-electron chi connectivity index (χ0n) is 15.2. The molecule has 25 heavy (non-hydrogen) atoms. The van der Waals surface area contributed by atoms with Gasteiger partial charge in [0.25, 0.3) is 10.1 Å². The van der Waals surface area contributed by atoms with E-state index in [0.717, 1.165) is 21.9 Å². The van der Waals surface area contributed by atoms with Gasteiger partial charge in [-0.25, -0.2) is 0 Å². The van der Waals surface area contributed by atoms with Gasteiger partial charge in [0.2, 0.25) is 0 Å². The van der Waals surface area contributed by atoms with Crippen molar-refractivity contribution < 1.29 is 22.1 Å². The van der Waals surface area contributed by atoms with E-state index < -0.39 is 21.9 Å². The Labute approximate surface area is 158 Å². The van der Waals surface area contributed by atoms with Crippen LogP contribution in [0.25, 0.3) is 0 Å². The van der Waals surface area contributed by atoms with Gasteiger partial charge in [0.15, 0.2) is 0 Å². The maximum atomic E-state index is 12.3. The minimum Gasteiger partial charge on any atom is -0.460 e. The fourth-order valence-electron chi connectivity index (χ4n) is 2.55. The van der Waals surface area contributed by atoms with Crippen LogP contribution < -0.4 is 5.73 Å². The molecule has 0 aromatic heterocycles. The number of carbonyl (C=O) groups excluding carboxylic acids is 1. The van der Waals surface area contributed by atoms with E-state index in [2.05, 4.69) is 15.9 Å². The number of hydrogen-bond acceptors (Lipinski definition) is 6. The van der Waals surface area contributed by atoms with Crippen LogP contribution in [0.5, 0.6) is 0 Å². The Morgan fingerprint density at radius 3 is 2.40 bits per heavy atom. The molecule has 0 fully saturated rings. The number of nitrogens with two attached hydrogens (primary N) is 1. The lowest BCUT2D eigenvalue weighted by molar-refractivity contribution is -0.155. The lowest BCUT2D eigenvalue weighted by atomic mass is 9.89. The minimum absolute atomic E-state index is 0.0839. The van der Waals surface area contributed by atoms with E-state index in [1.54, 1.807) is 20.8 Å². The molecule has 0 saturated carbocycles. The Bertz CT molecular complexity index is 712. The smallest absolute Gasteiger partial charge is 0.306 e. The van der Waals surface area contributed by atoms with Gasteiger partial charge in [-0.05, 0) is 63.3 Å². The normalized spacial score (nSPS) is 14.8. The second-order valence-corrected chi connectivity index (χ2v) is 9.58. The summed E-state index contributed by atoms with van der Waals surface area (Å²) in [5, 5.41) is 0. The molecule has 142 valence electrons. The first kappa shape index (κ1) is 22.1. The molecular formula is C17H26BrNO5S. The number of aryl methyl sites for hydroxylation is 1. The lowest BCUT2D eigenvalue weighted by Gasteiger charge is -2.25. The van der Waals surface area contributed by atoms with Crippen molar-refractivity contribution in [2.24, 2.45) is 5.73 Å². The van der Waals surface area contributed by atoms with Crippen molar-refractivity contribution in [1.82, 2.24) is 0 Å². The van der Waals surface area contributed by atoms with Gasteiger partial charge in [0.1, 0.15) is 11.8 Å². The van der Waals surface area contributed by atoms with Gasteiger partial charge < -0.3 is 10.5 Å². The van der Waals surface area contributed by atoms with Crippen LogP contribution in [0.2, 0.25) is 0 Å². The first-order valence-electron chi connectivity index (χ1n) is 7.88. The van der Waals surface area contributed by atoms with E-state index in [0.29, 0.717) is 0 Å². The average Bonchev–Trinajstić information content (AvgIpc) is 2.32. The fourth-order valence-corrected chi connectivity index (χ4v) is 3.55. The monoisotopic (exact) mass is 435 g/mol. The summed E-state index contributed by atoms with van der Waals surface area (Å²) in [5.41, 5.74) is 7.09. The van der Waals surface area contributed by atoms with Gasteiger partial charge in [-0.1, -0.05) is 22.0 Å². The van der Waals surface area contributed by atoms with Crippen molar-refractivity contribution >= 4 is 32.0 Å². The Hall–Kier alpha value is -0.960. The summed E-state index contributed by atoms with van der Waals surface area (Å²) in [7, 11) is -3.67. The molecule has 0 amide bonds. The van der Waals surface area contributed by atoms with Gasteiger partial charge in [-0.3, -0.25) is 8.98 Å². The van der Waals surface area contributed by atoms with E-state index in [-0.39, 0.29) is 24.7 Å². The molecule has 0 heterocycles. The molecule has 2 unspecified atom stereocenters. The molecule has 0 aliphatic heterocycles. The van der Waals surface area contributed by atoms with E-state index in [1.165, 1.54) is 0 Å². The van der Waals surface area contributed by atoms with Crippen LogP contribution >= 0.6 is 15.9 Å². The van der Waals surface area contributed by atoms with Gasteiger partial charge in [0, 0.05) is 4.47 Å². The number of halogens is 1. The summed E-state index contributed by atoms with van der Waals surface area (Å²) >= 11 is 3.41. The van der Waals surface area contributed by atoms with Crippen molar-refractivity contribution in [3.63, 3.8) is 0 Å². The zero-order chi connectivity index (χ0) is 19.4. The molecule has 1 aromatic rings. The molecule has 0 aliphatic rings. The SMILES string of the molecule is Cc1cc(Br)ccc1C(CC(=O)OC(C)(C)C)CC(N)OS(C)(=O)=O. The third kappa shape index (κ3) is 8.80. The Morgan fingerprint density at radius 2 is 1.92 bits per heavy atom. The average molecular weight is 436 g/mol. The number of rotatable bonds is 7. The van der Waals surface area contributed by atoms with Crippen LogP contribution in [0, 0.1) is 6.92 Å². The van der Waals surface area contributed by atoms with E-state index in [1.807, 2.05) is 25.1 Å². The van der Waals surface area contributed by atoms with Crippen molar-refractivity contribution in [3.05, 3.63) is 33.8 Å². The highest BCUT2D eigenvalue weighted by molar-refractivity contribution is 9.10. The minimum atomic E-state index is -3.67. The summed E-state index contributed by atoms with van der Waals surface area (Å²) in [5.74, 6) is -0.689. The first-order valence-corrected chi connectivity index (χ1v) is 10.5. The number of benzene rings is 1. The third-order valence-corrected chi connectivity index (χ3v) is 4.41. The molecule has 0 bridgehead atoms. The highest BCUT2D eigenvalue weighted by Gasteiger charge is 2.26. The zero-order valence-corrected chi connectivity index (χ0v) is 17.6. The maximum absolute atomic E-state index is 12.3. The summed E-state index contributed by atoms with van der Waals surface area (Å²) in [6.07, 6.45) is 0.168. The second kappa shape index (κ2) is 8.62. The quantitative estimate of drug-likeness (QED) is 0.401. The van der Waals surface area contributed by atoms with Crippen molar-refractivity contribution in [2.45, 2.75) is 58.3 Å². The molecule has 6 nitrogen and oxygen atoms in total. The largest absolute Gasteiger partial charge is 0.460 e. The predicted octanol–water partition coefficient (Wildman–Crippen LogP) is 3.22. The first-order chi connectivity index (χ1) is 11.3.